The monoisotopic (exact) mass is 511 g/mol. The number of carbonyl (C=O) groups is 1. The average molecular weight is 512 g/mol. The number of piperidine rings is 1. The molecule has 0 aromatic heterocycles. The minimum absolute atomic E-state index is 0.0975. The fraction of sp³-hybridized carbons (Fsp3) is 0.536. The van der Waals surface area contributed by atoms with Gasteiger partial charge in [0.15, 0.2) is 9.84 Å². The van der Waals surface area contributed by atoms with Crippen LogP contribution in [0, 0.1) is 0 Å². The van der Waals surface area contributed by atoms with E-state index >= 15 is 0 Å². The van der Waals surface area contributed by atoms with Crippen LogP contribution in [0.25, 0.3) is 0 Å². The molecule has 2 fully saturated rings. The van der Waals surface area contributed by atoms with Crippen LogP contribution in [0.4, 0.5) is 0 Å². The predicted octanol–water partition coefficient (Wildman–Crippen LogP) is 2.77. The molecule has 0 bridgehead atoms. The van der Waals surface area contributed by atoms with E-state index in [2.05, 4.69) is 34.1 Å². The summed E-state index contributed by atoms with van der Waals surface area (Å²) in [5, 5.41) is 0. The number of hydrogen-bond donors (Lipinski definition) is 0. The molecule has 0 N–H and O–H groups in total. The first-order chi connectivity index (χ1) is 17.5. The maximum absolute atomic E-state index is 13.2. The van der Waals surface area contributed by atoms with Crippen molar-refractivity contribution in [3.05, 3.63) is 65.7 Å². The van der Waals surface area contributed by atoms with Gasteiger partial charge < -0.3 is 14.5 Å². The summed E-state index contributed by atoms with van der Waals surface area (Å²) in [5.74, 6) is 0.365. The molecule has 36 heavy (non-hydrogen) atoms. The maximum atomic E-state index is 13.2. The number of sulfone groups is 1. The number of nitrogens with zero attached hydrogens (tertiary/aromatic N) is 3. The summed E-state index contributed by atoms with van der Waals surface area (Å²) in [6.45, 7) is 5.89. The molecule has 0 aliphatic carbocycles. The van der Waals surface area contributed by atoms with Crippen LogP contribution >= 0.6 is 0 Å². The normalized spacial score (nSPS) is 22.3. The van der Waals surface area contributed by atoms with Gasteiger partial charge >= 0.3 is 0 Å². The molecule has 194 valence electrons. The third-order valence-corrected chi connectivity index (χ3v) is 9.70. The molecule has 5 rings (SSSR count). The van der Waals surface area contributed by atoms with E-state index in [-0.39, 0.29) is 17.7 Å². The Morgan fingerprint density at radius 3 is 2.33 bits per heavy atom. The molecule has 3 heterocycles. The Hall–Kier alpha value is -2.26. The van der Waals surface area contributed by atoms with E-state index in [9.17, 15) is 13.2 Å². The molecule has 3 aliphatic rings. The van der Waals surface area contributed by atoms with E-state index < -0.39 is 9.84 Å². The summed E-state index contributed by atoms with van der Waals surface area (Å²) in [6.07, 6.45) is 3.51. The van der Waals surface area contributed by atoms with Gasteiger partial charge in [-0.2, -0.15) is 0 Å². The van der Waals surface area contributed by atoms with Crippen molar-refractivity contribution < 1.29 is 17.9 Å². The molecular weight excluding hydrogens is 474 g/mol. The Kier molecular flexibility index (Phi) is 8.06. The molecule has 1 atom stereocenters. The summed E-state index contributed by atoms with van der Waals surface area (Å²) in [5.41, 5.74) is 2.65. The van der Waals surface area contributed by atoms with Gasteiger partial charge in [0.1, 0.15) is 0 Å². The summed E-state index contributed by atoms with van der Waals surface area (Å²) >= 11 is 0. The number of benzene rings is 2. The molecule has 0 radical (unpaired) electrons. The summed E-state index contributed by atoms with van der Waals surface area (Å²) in [7, 11) is -3.26. The molecule has 0 saturated carbocycles. The van der Waals surface area contributed by atoms with Crippen molar-refractivity contribution in [1.29, 1.82) is 0 Å². The number of ether oxygens (including phenoxy) is 1. The van der Waals surface area contributed by atoms with Crippen LogP contribution < -0.4 is 0 Å². The van der Waals surface area contributed by atoms with Gasteiger partial charge in [0.05, 0.1) is 23.9 Å². The fourth-order valence-corrected chi connectivity index (χ4v) is 7.22. The smallest absolute Gasteiger partial charge is 0.224 e. The SMILES string of the molecule is O=C(CC1c2ccccc2CCN1C1CCN(CCS(=O)(=O)c2ccccc2)CC1)N1CCOCC1. The number of amides is 1. The Bertz CT molecular complexity index is 1130. The van der Waals surface area contributed by atoms with Gasteiger partial charge in [-0.15, -0.1) is 0 Å². The molecule has 0 spiro atoms. The first-order valence-corrected chi connectivity index (χ1v) is 14.9. The minimum atomic E-state index is -3.26. The van der Waals surface area contributed by atoms with Crippen LogP contribution in [-0.2, 0) is 25.8 Å². The zero-order valence-electron chi connectivity index (χ0n) is 20.9. The lowest BCUT2D eigenvalue weighted by molar-refractivity contribution is -0.137. The number of likely N-dealkylation sites (tertiary alicyclic amines) is 1. The lowest BCUT2D eigenvalue weighted by Crippen LogP contribution is -2.50. The van der Waals surface area contributed by atoms with E-state index in [1.165, 1.54) is 11.1 Å². The van der Waals surface area contributed by atoms with Crippen molar-refractivity contribution in [2.24, 2.45) is 0 Å². The highest BCUT2D eigenvalue weighted by molar-refractivity contribution is 7.91. The van der Waals surface area contributed by atoms with Crippen LogP contribution in [0.15, 0.2) is 59.5 Å². The molecule has 2 saturated heterocycles. The molecule has 2 aromatic carbocycles. The van der Waals surface area contributed by atoms with Gasteiger partial charge in [0.25, 0.3) is 0 Å². The summed E-state index contributed by atoms with van der Waals surface area (Å²) < 4.78 is 30.8. The highest BCUT2D eigenvalue weighted by Crippen LogP contribution is 2.36. The van der Waals surface area contributed by atoms with Crippen molar-refractivity contribution in [2.75, 3.05) is 58.2 Å². The van der Waals surface area contributed by atoms with Crippen LogP contribution in [0.2, 0.25) is 0 Å². The third kappa shape index (κ3) is 5.83. The van der Waals surface area contributed by atoms with Crippen LogP contribution in [0.1, 0.15) is 36.4 Å². The Morgan fingerprint density at radius 1 is 0.889 bits per heavy atom. The van der Waals surface area contributed by atoms with Crippen LogP contribution in [-0.4, -0.2) is 93.3 Å². The number of rotatable bonds is 7. The Morgan fingerprint density at radius 2 is 1.58 bits per heavy atom. The fourth-order valence-electron chi connectivity index (χ4n) is 5.91. The summed E-state index contributed by atoms with van der Waals surface area (Å²) in [4.78, 5) is 20.4. The van der Waals surface area contributed by atoms with E-state index in [0.29, 0.717) is 50.2 Å². The summed E-state index contributed by atoms with van der Waals surface area (Å²) in [6, 6.07) is 17.8. The predicted molar refractivity (Wildman–Crippen MR) is 140 cm³/mol. The van der Waals surface area contributed by atoms with Crippen molar-refractivity contribution in [1.82, 2.24) is 14.7 Å². The van der Waals surface area contributed by atoms with Gasteiger partial charge in [-0.25, -0.2) is 8.42 Å². The molecule has 2 aromatic rings. The zero-order chi connectivity index (χ0) is 25.0. The van der Waals surface area contributed by atoms with Crippen molar-refractivity contribution >= 4 is 15.7 Å². The minimum Gasteiger partial charge on any atom is -0.378 e. The topological polar surface area (TPSA) is 70.2 Å². The number of hydrogen-bond acceptors (Lipinski definition) is 6. The van der Waals surface area contributed by atoms with Gasteiger partial charge in [-0.1, -0.05) is 42.5 Å². The lowest BCUT2D eigenvalue weighted by Gasteiger charge is -2.45. The zero-order valence-corrected chi connectivity index (χ0v) is 21.7. The molecule has 8 heteroatoms. The number of carbonyl (C=O) groups excluding carboxylic acids is 1. The third-order valence-electron chi connectivity index (χ3n) is 7.99. The Balaban J connectivity index is 1.22. The number of fused-ring (bicyclic) bond motifs is 1. The van der Waals surface area contributed by atoms with E-state index in [4.69, 9.17) is 4.74 Å². The van der Waals surface area contributed by atoms with E-state index in [1.54, 1.807) is 24.3 Å². The molecule has 1 unspecified atom stereocenters. The second-order valence-electron chi connectivity index (χ2n) is 10.1. The Labute approximate surface area is 214 Å². The molecule has 1 amide bonds. The van der Waals surface area contributed by atoms with Gasteiger partial charge in [0.2, 0.25) is 5.91 Å². The highest BCUT2D eigenvalue weighted by atomic mass is 32.2. The van der Waals surface area contributed by atoms with E-state index in [0.717, 1.165) is 38.9 Å². The quantitative estimate of drug-likeness (QED) is 0.570. The van der Waals surface area contributed by atoms with Crippen LogP contribution in [0.3, 0.4) is 0 Å². The van der Waals surface area contributed by atoms with Crippen LogP contribution in [0.5, 0.6) is 0 Å². The maximum Gasteiger partial charge on any atom is 0.224 e. The van der Waals surface area contributed by atoms with Crippen molar-refractivity contribution in [3.8, 4) is 0 Å². The molecular formula is C28H37N3O4S. The second-order valence-corrected chi connectivity index (χ2v) is 12.2. The molecule has 7 nitrogen and oxygen atoms in total. The standard InChI is InChI=1S/C28H37N3O4S/c32-28(30-16-19-35-20-17-30)22-27-26-9-5-4-6-23(26)10-15-31(27)24-11-13-29(14-12-24)18-21-36(33,34)25-7-2-1-3-8-25/h1-9,24,27H,10-22H2. The lowest BCUT2D eigenvalue weighted by atomic mass is 9.87. The van der Waals surface area contributed by atoms with Crippen molar-refractivity contribution in [2.45, 2.75) is 42.7 Å². The van der Waals surface area contributed by atoms with Crippen molar-refractivity contribution in [3.63, 3.8) is 0 Å². The first kappa shape index (κ1) is 25.4. The van der Waals surface area contributed by atoms with Gasteiger partial charge in [0, 0.05) is 44.7 Å². The van der Waals surface area contributed by atoms with Gasteiger partial charge in [-0.05, 0) is 55.6 Å². The first-order valence-electron chi connectivity index (χ1n) is 13.2. The highest BCUT2D eigenvalue weighted by Gasteiger charge is 2.36. The number of morpholine rings is 1. The second kappa shape index (κ2) is 11.4. The van der Waals surface area contributed by atoms with Gasteiger partial charge in [-0.3, -0.25) is 9.69 Å². The van der Waals surface area contributed by atoms with E-state index in [1.807, 2.05) is 11.0 Å². The average Bonchev–Trinajstić information content (AvgIpc) is 2.93. The molecule has 3 aliphatic heterocycles. The largest absolute Gasteiger partial charge is 0.378 e.